The Morgan fingerprint density at radius 3 is 2.24 bits per heavy atom. The molecule has 4 nitrogen and oxygen atoms in total. The lowest BCUT2D eigenvalue weighted by Crippen LogP contribution is -2.27. The van der Waals surface area contributed by atoms with E-state index in [1.165, 1.54) is 38.8 Å². The molecule has 2 rings (SSSR count). The zero-order valence-corrected chi connectivity index (χ0v) is 11.2. The lowest BCUT2D eigenvalue weighted by molar-refractivity contribution is -0.00461. The average molecular weight is 242 g/mol. The first kappa shape index (κ1) is 13.3. The fourth-order valence-electron chi connectivity index (χ4n) is 2.51. The number of rotatable bonds is 8. The highest BCUT2D eigenvalue weighted by atomic mass is 16.5. The van der Waals surface area contributed by atoms with E-state index in [1.54, 1.807) is 14.2 Å². The van der Waals surface area contributed by atoms with E-state index >= 15 is 0 Å². The quantitative estimate of drug-likeness (QED) is 0.640. The minimum atomic E-state index is 0.254. The van der Waals surface area contributed by atoms with Crippen LogP contribution in [0, 0.1) is 0 Å². The second kappa shape index (κ2) is 6.69. The molecule has 0 aromatic carbocycles. The molecule has 0 amide bonds. The summed E-state index contributed by atoms with van der Waals surface area (Å²) in [4.78, 5) is 2.46. The highest BCUT2D eigenvalue weighted by molar-refractivity contribution is 4.85. The van der Waals surface area contributed by atoms with Gasteiger partial charge in [0.25, 0.3) is 0 Å². The van der Waals surface area contributed by atoms with Crippen molar-refractivity contribution in [2.24, 2.45) is 0 Å². The zero-order valence-electron chi connectivity index (χ0n) is 11.2. The fourth-order valence-corrected chi connectivity index (χ4v) is 2.51. The van der Waals surface area contributed by atoms with Crippen molar-refractivity contribution >= 4 is 0 Å². The fraction of sp³-hybridized carbons (Fsp3) is 1.00. The number of likely N-dealkylation sites (tertiary alicyclic amines) is 1. The van der Waals surface area contributed by atoms with Crippen LogP contribution in [-0.4, -0.2) is 63.5 Å². The molecule has 1 N–H and O–H groups in total. The van der Waals surface area contributed by atoms with Gasteiger partial charge in [-0.1, -0.05) is 0 Å². The first-order chi connectivity index (χ1) is 8.33. The lowest BCUT2D eigenvalue weighted by atomic mass is 10.3. The second-order valence-electron chi connectivity index (χ2n) is 5.24. The Kier molecular flexibility index (Phi) is 5.22. The van der Waals surface area contributed by atoms with E-state index in [0.29, 0.717) is 0 Å². The van der Waals surface area contributed by atoms with Crippen LogP contribution in [0.25, 0.3) is 0 Å². The van der Waals surface area contributed by atoms with Crippen LogP contribution in [0.5, 0.6) is 0 Å². The van der Waals surface area contributed by atoms with E-state index < -0.39 is 0 Å². The molecule has 1 aliphatic carbocycles. The minimum Gasteiger partial charge on any atom is -0.377 e. The zero-order chi connectivity index (χ0) is 12.1. The number of nitrogens with zero attached hydrogens (tertiary/aromatic N) is 1. The summed E-state index contributed by atoms with van der Waals surface area (Å²) in [6, 6.07) is 0.845. The highest BCUT2D eigenvalue weighted by Crippen LogP contribution is 2.19. The maximum atomic E-state index is 5.43. The molecule has 1 aliphatic heterocycles. The van der Waals surface area contributed by atoms with Crippen molar-refractivity contribution in [2.75, 3.05) is 40.4 Å². The Balaban J connectivity index is 1.53. The molecule has 0 aromatic rings. The molecule has 4 heteroatoms. The van der Waals surface area contributed by atoms with Gasteiger partial charge < -0.3 is 14.8 Å². The third-order valence-corrected chi connectivity index (χ3v) is 3.81. The molecule has 1 saturated heterocycles. The van der Waals surface area contributed by atoms with E-state index in [4.69, 9.17) is 9.47 Å². The third-order valence-electron chi connectivity index (χ3n) is 3.81. The molecule has 0 spiro atoms. The summed E-state index contributed by atoms with van der Waals surface area (Å²) in [5, 5.41) is 3.55. The number of nitrogens with one attached hydrogen (secondary N) is 1. The first-order valence-corrected chi connectivity index (χ1v) is 6.85. The normalized spacial score (nSPS) is 30.0. The number of ether oxygens (including phenoxy) is 2. The highest BCUT2D eigenvalue weighted by Gasteiger charge is 2.32. The van der Waals surface area contributed by atoms with E-state index in [0.717, 1.165) is 19.1 Å². The SMILES string of the molecule is COC1CN(CCCCNC2CC2)CC1OC. The second-order valence-corrected chi connectivity index (χ2v) is 5.24. The predicted octanol–water partition coefficient (Wildman–Crippen LogP) is 0.864. The van der Waals surface area contributed by atoms with Crippen LogP contribution in [0.3, 0.4) is 0 Å². The van der Waals surface area contributed by atoms with E-state index in [9.17, 15) is 0 Å². The Bertz CT molecular complexity index is 209. The van der Waals surface area contributed by atoms with Crippen molar-refractivity contribution in [3.05, 3.63) is 0 Å². The Morgan fingerprint density at radius 1 is 1.06 bits per heavy atom. The van der Waals surface area contributed by atoms with Gasteiger partial charge in [0.15, 0.2) is 0 Å². The van der Waals surface area contributed by atoms with Crippen LogP contribution in [0.1, 0.15) is 25.7 Å². The van der Waals surface area contributed by atoms with Gasteiger partial charge in [0.05, 0.1) is 12.2 Å². The average Bonchev–Trinajstić information content (AvgIpc) is 3.07. The van der Waals surface area contributed by atoms with Crippen LogP contribution in [0.2, 0.25) is 0 Å². The Morgan fingerprint density at radius 2 is 1.71 bits per heavy atom. The molecular weight excluding hydrogens is 216 g/mol. The van der Waals surface area contributed by atoms with Crippen molar-refractivity contribution < 1.29 is 9.47 Å². The maximum Gasteiger partial charge on any atom is 0.0971 e. The maximum absolute atomic E-state index is 5.43. The number of unbranched alkanes of at least 4 members (excludes halogenated alkanes) is 1. The summed E-state index contributed by atoms with van der Waals surface area (Å²) in [5.74, 6) is 0. The van der Waals surface area contributed by atoms with Crippen molar-refractivity contribution in [1.29, 1.82) is 0 Å². The van der Waals surface area contributed by atoms with Crippen molar-refractivity contribution in [3.63, 3.8) is 0 Å². The van der Waals surface area contributed by atoms with E-state index in [2.05, 4.69) is 10.2 Å². The van der Waals surface area contributed by atoms with Gasteiger partial charge in [0.1, 0.15) is 0 Å². The number of hydrogen-bond donors (Lipinski definition) is 1. The molecule has 100 valence electrons. The summed E-state index contributed by atoms with van der Waals surface area (Å²) in [5.41, 5.74) is 0. The van der Waals surface area contributed by atoms with Crippen LogP contribution >= 0.6 is 0 Å². The van der Waals surface area contributed by atoms with E-state index in [1.807, 2.05) is 0 Å². The van der Waals surface area contributed by atoms with Crippen molar-refractivity contribution in [3.8, 4) is 0 Å². The Labute approximate surface area is 105 Å². The molecule has 0 bridgehead atoms. The molecule has 2 fully saturated rings. The summed E-state index contributed by atoms with van der Waals surface area (Å²) < 4.78 is 10.9. The topological polar surface area (TPSA) is 33.7 Å². The number of hydrogen-bond acceptors (Lipinski definition) is 4. The van der Waals surface area contributed by atoms with Crippen LogP contribution in [0.4, 0.5) is 0 Å². The molecular formula is C13H26N2O2. The van der Waals surface area contributed by atoms with Gasteiger partial charge in [-0.15, -0.1) is 0 Å². The van der Waals surface area contributed by atoms with Crippen LogP contribution < -0.4 is 5.32 Å². The van der Waals surface area contributed by atoms with Gasteiger partial charge in [0, 0.05) is 33.4 Å². The molecule has 0 radical (unpaired) electrons. The summed E-state index contributed by atoms with van der Waals surface area (Å²) in [6.45, 7) is 4.39. The summed E-state index contributed by atoms with van der Waals surface area (Å²) >= 11 is 0. The van der Waals surface area contributed by atoms with Crippen LogP contribution in [0.15, 0.2) is 0 Å². The molecule has 2 unspecified atom stereocenters. The Hall–Kier alpha value is -0.160. The van der Waals surface area contributed by atoms with Gasteiger partial charge in [-0.2, -0.15) is 0 Å². The standard InChI is InChI=1S/C13H26N2O2/c1-16-12-9-15(10-13(12)17-2)8-4-3-7-14-11-5-6-11/h11-14H,3-10H2,1-2H3. The summed E-state index contributed by atoms with van der Waals surface area (Å²) in [6.07, 6.45) is 5.83. The van der Waals surface area contributed by atoms with Gasteiger partial charge in [0.2, 0.25) is 0 Å². The molecule has 0 aromatic heterocycles. The van der Waals surface area contributed by atoms with Crippen LogP contribution in [-0.2, 0) is 9.47 Å². The molecule has 2 aliphatic rings. The molecule has 17 heavy (non-hydrogen) atoms. The smallest absolute Gasteiger partial charge is 0.0971 e. The predicted molar refractivity (Wildman–Crippen MR) is 68.3 cm³/mol. The minimum absolute atomic E-state index is 0.254. The van der Waals surface area contributed by atoms with E-state index in [-0.39, 0.29) is 12.2 Å². The van der Waals surface area contributed by atoms with Gasteiger partial charge in [-0.05, 0) is 38.8 Å². The van der Waals surface area contributed by atoms with Crippen molar-refractivity contribution in [2.45, 2.75) is 43.9 Å². The summed E-state index contributed by atoms with van der Waals surface area (Å²) in [7, 11) is 3.56. The lowest BCUT2D eigenvalue weighted by Gasteiger charge is -2.14. The van der Waals surface area contributed by atoms with Gasteiger partial charge >= 0.3 is 0 Å². The number of methoxy groups -OCH3 is 2. The molecule has 1 heterocycles. The monoisotopic (exact) mass is 242 g/mol. The first-order valence-electron chi connectivity index (χ1n) is 6.85. The van der Waals surface area contributed by atoms with Crippen molar-refractivity contribution in [1.82, 2.24) is 10.2 Å². The van der Waals surface area contributed by atoms with Gasteiger partial charge in [-0.25, -0.2) is 0 Å². The molecule has 1 saturated carbocycles. The third kappa shape index (κ3) is 4.21. The van der Waals surface area contributed by atoms with Gasteiger partial charge in [-0.3, -0.25) is 4.90 Å². The molecule has 2 atom stereocenters. The largest absolute Gasteiger partial charge is 0.377 e.